The van der Waals surface area contributed by atoms with E-state index < -0.39 is 28.9 Å². The summed E-state index contributed by atoms with van der Waals surface area (Å²) < 4.78 is 82.9. The van der Waals surface area contributed by atoms with Gasteiger partial charge >= 0.3 is 12.4 Å². The summed E-state index contributed by atoms with van der Waals surface area (Å²) in [5.74, 6) is 0. The van der Waals surface area contributed by atoms with Crippen molar-refractivity contribution < 1.29 is 47.4 Å². The fourth-order valence-electron chi connectivity index (χ4n) is 4.33. The van der Waals surface area contributed by atoms with E-state index in [0.29, 0.717) is 17.3 Å². The van der Waals surface area contributed by atoms with Gasteiger partial charge in [0.1, 0.15) is 0 Å². The van der Waals surface area contributed by atoms with Gasteiger partial charge in [-0.25, -0.2) is 0 Å². The van der Waals surface area contributed by atoms with Crippen LogP contribution in [0.5, 0.6) is 0 Å². The molecule has 0 spiro atoms. The summed E-state index contributed by atoms with van der Waals surface area (Å²) in [6.45, 7) is 0.926. The third-order valence-corrected chi connectivity index (χ3v) is 6.14. The Morgan fingerprint density at radius 3 is 2.15 bits per heavy atom. The van der Waals surface area contributed by atoms with E-state index in [4.69, 9.17) is 0 Å². The molecule has 3 aromatic carbocycles. The molecular weight excluding hydrogens is 623 g/mol. The molecule has 1 atom stereocenters. The maximum Gasteiger partial charge on any atom is 0.416 e. The van der Waals surface area contributed by atoms with Crippen molar-refractivity contribution in [2.24, 2.45) is 0 Å². The smallest absolute Gasteiger partial charge is 0.304 e. The van der Waals surface area contributed by atoms with E-state index in [1.165, 1.54) is 12.1 Å². The van der Waals surface area contributed by atoms with Gasteiger partial charge in [0.05, 0.1) is 11.0 Å². The molecule has 0 N–H and O–H groups in total. The molecule has 1 nitrogen and oxygen atoms in total. The van der Waals surface area contributed by atoms with Crippen molar-refractivity contribution in [2.75, 3.05) is 0 Å². The summed E-state index contributed by atoms with van der Waals surface area (Å²) in [4.78, 5) is 4.35. The first-order valence-corrected chi connectivity index (χ1v) is 9.70. The summed E-state index contributed by atoms with van der Waals surface area (Å²) in [6, 6.07) is 17.4. The number of hydrogen-bond acceptors (Lipinski definition) is 1. The first-order valence-electron chi connectivity index (χ1n) is 9.70. The van der Waals surface area contributed by atoms with Gasteiger partial charge in [-0.05, 0) is 35.0 Å². The van der Waals surface area contributed by atoms with Crippen LogP contribution in [0.3, 0.4) is 0 Å². The van der Waals surface area contributed by atoms with Crippen LogP contribution in [0.25, 0.3) is 33.2 Å². The molecule has 172 valence electrons. The van der Waals surface area contributed by atoms with Gasteiger partial charge < -0.3 is 4.98 Å². The van der Waals surface area contributed by atoms with Crippen LogP contribution >= 0.6 is 0 Å². The van der Waals surface area contributed by atoms with Crippen molar-refractivity contribution in [3.05, 3.63) is 89.6 Å². The standard InChI is InChI=1S/C25H14F6N.Pt/c1-23(25(29,30)31)20-10-15(22-11-14-4-2-3-5-16(14)13-32-22)6-8-18(20)19-9-7-17(12-21(19)23)24(26,27)28;/h2-5,7-13H,1H3;/q-1;. The molecule has 1 aliphatic carbocycles. The summed E-state index contributed by atoms with van der Waals surface area (Å²) in [5, 5.41) is 1.74. The normalized spacial score (nSPS) is 17.4. The Morgan fingerprint density at radius 1 is 0.818 bits per heavy atom. The van der Waals surface area contributed by atoms with Crippen molar-refractivity contribution in [3.8, 4) is 22.4 Å². The molecule has 33 heavy (non-hydrogen) atoms. The van der Waals surface area contributed by atoms with E-state index in [1.807, 2.05) is 24.3 Å². The summed E-state index contributed by atoms with van der Waals surface area (Å²) in [5.41, 5.74) is -3.11. The van der Waals surface area contributed by atoms with E-state index in [-0.39, 0.29) is 37.8 Å². The Balaban J connectivity index is 0.00000259. The van der Waals surface area contributed by atoms with Gasteiger partial charge in [-0.3, -0.25) is 0 Å². The van der Waals surface area contributed by atoms with Crippen molar-refractivity contribution in [1.29, 1.82) is 0 Å². The first-order chi connectivity index (χ1) is 15.0. The minimum absolute atomic E-state index is 0. The molecule has 0 saturated carbocycles. The second kappa shape index (κ2) is 7.69. The van der Waals surface area contributed by atoms with Crippen LogP contribution in [0.1, 0.15) is 23.6 Å². The van der Waals surface area contributed by atoms with Crippen LogP contribution in [0.4, 0.5) is 26.3 Å². The number of halogens is 6. The molecular formula is C25H14F6NPt-. The van der Waals surface area contributed by atoms with Gasteiger partial charge in [0.2, 0.25) is 0 Å². The van der Waals surface area contributed by atoms with E-state index in [0.717, 1.165) is 29.8 Å². The number of benzene rings is 3. The molecule has 0 fully saturated rings. The first kappa shape index (κ1) is 23.5. The van der Waals surface area contributed by atoms with Gasteiger partial charge in [0.15, 0.2) is 0 Å². The Morgan fingerprint density at radius 2 is 1.48 bits per heavy atom. The van der Waals surface area contributed by atoms with Crippen LogP contribution in [0.15, 0.2) is 66.9 Å². The second-order valence-corrected chi connectivity index (χ2v) is 7.97. The molecule has 0 saturated heterocycles. The zero-order chi connectivity index (χ0) is 22.9. The van der Waals surface area contributed by atoms with Crippen LogP contribution in [0.2, 0.25) is 0 Å². The van der Waals surface area contributed by atoms with Crippen LogP contribution in [0, 0.1) is 6.07 Å². The van der Waals surface area contributed by atoms with Crippen LogP contribution < -0.4 is 0 Å². The number of pyridine rings is 1. The molecule has 0 amide bonds. The predicted octanol–water partition coefficient (Wildman–Crippen LogP) is 7.57. The Labute approximate surface area is 199 Å². The number of alkyl halides is 6. The zero-order valence-corrected chi connectivity index (χ0v) is 19.2. The molecule has 4 aromatic rings. The maximum absolute atomic E-state index is 14.4. The van der Waals surface area contributed by atoms with Gasteiger partial charge in [0.25, 0.3) is 0 Å². The van der Waals surface area contributed by atoms with Gasteiger partial charge in [-0.2, -0.15) is 26.3 Å². The SMILES string of the molecule is CC1(C(F)(F)F)c2cc(-c3cc4ccccc4cn3)[c-]cc2-c2ccc(C(F)(F)F)cc21.[Pt]. The summed E-state index contributed by atoms with van der Waals surface area (Å²) >= 11 is 0. The molecule has 1 aliphatic rings. The van der Waals surface area contributed by atoms with Gasteiger partial charge in [-0.1, -0.05) is 53.6 Å². The average Bonchev–Trinajstić information content (AvgIpc) is 3.01. The quantitative estimate of drug-likeness (QED) is 0.155. The van der Waals surface area contributed by atoms with Crippen molar-refractivity contribution in [3.63, 3.8) is 0 Å². The number of aromatic nitrogens is 1. The molecule has 0 radical (unpaired) electrons. The van der Waals surface area contributed by atoms with Crippen molar-refractivity contribution in [2.45, 2.75) is 24.7 Å². The minimum atomic E-state index is -4.81. The van der Waals surface area contributed by atoms with Gasteiger partial charge in [-0.15, -0.1) is 29.3 Å². The van der Waals surface area contributed by atoms with Crippen molar-refractivity contribution in [1.82, 2.24) is 4.98 Å². The van der Waals surface area contributed by atoms with E-state index >= 15 is 0 Å². The largest absolute Gasteiger partial charge is 0.416 e. The monoisotopic (exact) mass is 637 g/mol. The molecule has 0 aliphatic heterocycles. The average molecular weight is 637 g/mol. The zero-order valence-electron chi connectivity index (χ0n) is 16.9. The minimum Gasteiger partial charge on any atom is -0.304 e. The predicted molar refractivity (Wildman–Crippen MR) is 109 cm³/mol. The van der Waals surface area contributed by atoms with Gasteiger partial charge in [0, 0.05) is 27.3 Å². The molecule has 1 heterocycles. The number of rotatable bonds is 1. The summed E-state index contributed by atoms with van der Waals surface area (Å²) in [6.07, 6.45) is -7.94. The van der Waals surface area contributed by atoms with E-state index in [9.17, 15) is 26.3 Å². The number of nitrogens with zero attached hydrogens (tertiary/aromatic N) is 1. The topological polar surface area (TPSA) is 12.9 Å². The Bertz CT molecular complexity index is 1380. The van der Waals surface area contributed by atoms with E-state index in [2.05, 4.69) is 11.1 Å². The fraction of sp³-hybridized carbons (Fsp3) is 0.160. The van der Waals surface area contributed by atoms with Crippen molar-refractivity contribution >= 4 is 10.8 Å². The third kappa shape index (κ3) is 3.57. The molecule has 1 unspecified atom stereocenters. The Hall–Kier alpha value is -2.66. The fourth-order valence-corrected chi connectivity index (χ4v) is 4.33. The molecule has 8 heteroatoms. The molecule has 1 aromatic heterocycles. The second-order valence-electron chi connectivity index (χ2n) is 7.97. The van der Waals surface area contributed by atoms with E-state index in [1.54, 1.807) is 12.3 Å². The molecule has 5 rings (SSSR count). The number of fused-ring (bicyclic) bond motifs is 4. The van der Waals surface area contributed by atoms with Crippen LogP contribution in [-0.2, 0) is 32.7 Å². The third-order valence-electron chi connectivity index (χ3n) is 6.14. The molecule has 0 bridgehead atoms. The maximum atomic E-state index is 14.4. The number of hydrogen-bond donors (Lipinski definition) is 0. The van der Waals surface area contributed by atoms with Crippen LogP contribution in [-0.4, -0.2) is 11.2 Å². The summed E-state index contributed by atoms with van der Waals surface area (Å²) in [7, 11) is 0. The Kier molecular flexibility index (Phi) is 5.48.